The zero-order valence-electron chi connectivity index (χ0n) is 19.7. The molecule has 1 aromatic rings. The molecule has 0 radical (unpaired) electrons. The summed E-state index contributed by atoms with van der Waals surface area (Å²) in [6.45, 7) is 8.65. The van der Waals surface area contributed by atoms with Gasteiger partial charge in [-0.05, 0) is 28.9 Å². The highest BCUT2D eigenvalue weighted by Crippen LogP contribution is 2.45. The highest BCUT2D eigenvalue weighted by molar-refractivity contribution is 8.16. The first-order valence-corrected chi connectivity index (χ1v) is 12.3. The molecule has 3 heterocycles. The van der Waals surface area contributed by atoms with Gasteiger partial charge in [0.2, 0.25) is 5.91 Å². The van der Waals surface area contributed by atoms with Gasteiger partial charge in [0.15, 0.2) is 5.17 Å². The van der Waals surface area contributed by atoms with Crippen LogP contribution in [0.4, 0.5) is 0 Å². The van der Waals surface area contributed by atoms with E-state index < -0.39 is 0 Å². The fourth-order valence-corrected chi connectivity index (χ4v) is 5.31. The smallest absolute Gasteiger partial charge is 0.338 e. The van der Waals surface area contributed by atoms with Gasteiger partial charge in [-0.3, -0.25) is 4.79 Å². The van der Waals surface area contributed by atoms with Crippen LogP contribution in [0.5, 0.6) is 0 Å². The molecule has 0 aliphatic carbocycles. The summed E-state index contributed by atoms with van der Waals surface area (Å²) in [5.41, 5.74) is 4.33. The van der Waals surface area contributed by atoms with Gasteiger partial charge in [0.25, 0.3) is 0 Å². The number of morpholine rings is 1. The molecule has 3 aliphatic rings. The number of esters is 1. The van der Waals surface area contributed by atoms with E-state index in [1.807, 2.05) is 22.1 Å². The molecular weight excluding hydrogens is 438 g/mol. The van der Waals surface area contributed by atoms with Crippen LogP contribution < -0.4 is 0 Å². The summed E-state index contributed by atoms with van der Waals surface area (Å²) in [4.78, 5) is 34.7. The lowest BCUT2D eigenvalue weighted by atomic mass is 9.91. The molecule has 0 aromatic heterocycles. The molecule has 176 valence electrons. The van der Waals surface area contributed by atoms with Crippen LogP contribution in [-0.4, -0.2) is 60.3 Å². The minimum absolute atomic E-state index is 0.0604. The van der Waals surface area contributed by atoms with E-state index in [0.717, 1.165) is 22.1 Å². The maximum atomic E-state index is 13.0. The van der Waals surface area contributed by atoms with E-state index >= 15 is 0 Å². The van der Waals surface area contributed by atoms with Crippen molar-refractivity contribution in [2.24, 2.45) is 4.99 Å². The van der Waals surface area contributed by atoms with E-state index in [-0.39, 0.29) is 24.3 Å². The lowest BCUT2D eigenvalue weighted by Crippen LogP contribution is -2.42. The van der Waals surface area contributed by atoms with E-state index in [2.05, 4.69) is 38.1 Å². The summed E-state index contributed by atoms with van der Waals surface area (Å²) < 4.78 is 10.6. The molecule has 0 saturated carbocycles. The molecule has 7 nitrogen and oxygen atoms in total. The summed E-state index contributed by atoms with van der Waals surface area (Å²) in [5.74, 6) is 0.0850. The second-order valence-electron chi connectivity index (χ2n) is 8.59. The van der Waals surface area contributed by atoms with Gasteiger partial charge in [-0.15, -0.1) is 0 Å². The summed E-state index contributed by atoms with van der Waals surface area (Å²) >= 11 is 1.50. The van der Waals surface area contributed by atoms with Crippen molar-refractivity contribution >= 4 is 28.8 Å². The Bertz CT molecular complexity index is 1010. The monoisotopic (exact) mass is 469 g/mol. The standard InChI is InChI=1S/C25H31N3O4S/c1-5-20-22(24(30)31-4)23(18-8-6-17(7-9-18)16(2)3)28-19(15-33-25(28)26-20)14-21(29)27-10-12-32-13-11-27/h6-9,15-16,23H,5,10-14H2,1-4H3. The first-order chi connectivity index (χ1) is 15.9. The number of amidine groups is 1. The van der Waals surface area contributed by atoms with Crippen molar-refractivity contribution in [2.45, 2.75) is 45.6 Å². The van der Waals surface area contributed by atoms with Crippen molar-refractivity contribution in [2.75, 3.05) is 33.4 Å². The normalized spacial score (nSPS) is 20.6. The Morgan fingerprint density at radius 3 is 2.52 bits per heavy atom. The Labute approximate surface area is 199 Å². The number of aliphatic imine (C=N–C) groups is 1. The van der Waals surface area contributed by atoms with Crippen LogP contribution in [0, 0.1) is 0 Å². The Morgan fingerprint density at radius 2 is 1.91 bits per heavy atom. The second kappa shape index (κ2) is 10.1. The molecule has 1 amide bonds. The minimum Gasteiger partial charge on any atom is -0.466 e. The summed E-state index contributed by atoms with van der Waals surface area (Å²) in [7, 11) is 1.40. The van der Waals surface area contributed by atoms with E-state index in [1.165, 1.54) is 24.4 Å². The maximum Gasteiger partial charge on any atom is 0.338 e. The number of ether oxygens (including phenoxy) is 2. The average molecular weight is 470 g/mol. The predicted molar refractivity (Wildman–Crippen MR) is 130 cm³/mol. The van der Waals surface area contributed by atoms with E-state index in [0.29, 0.717) is 44.2 Å². The number of amides is 1. The molecule has 0 N–H and O–H groups in total. The molecule has 33 heavy (non-hydrogen) atoms. The molecule has 1 fully saturated rings. The van der Waals surface area contributed by atoms with Crippen molar-refractivity contribution in [3.8, 4) is 0 Å². The molecule has 0 bridgehead atoms. The second-order valence-corrected chi connectivity index (χ2v) is 9.43. The van der Waals surface area contributed by atoms with Gasteiger partial charge < -0.3 is 19.3 Å². The van der Waals surface area contributed by atoms with Crippen LogP contribution in [0.25, 0.3) is 0 Å². The molecule has 3 aliphatic heterocycles. The third-order valence-electron chi connectivity index (χ3n) is 6.24. The van der Waals surface area contributed by atoms with Gasteiger partial charge in [-0.25, -0.2) is 9.79 Å². The van der Waals surface area contributed by atoms with Crippen molar-refractivity contribution in [1.82, 2.24) is 9.80 Å². The van der Waals surface area contributed by atoms with E-state index in [4.69, 9.17) is 14.5 Å². The molecule has 4 rings (SSSR count). The van der Waals surface area contributed by atoms with Crippen molar-refractivity contribution in [1.29, 1.82) is 0 Å². The Balaban J connectivity index is 1.71. The molecule has 1 atom stereocenters. The highest BCUT2D eigenvalue weighted by Gasteiger charge is 2.41. The molecule has 1 saturated heterocycles. The van der Waals surface area contributed by atoms with Crippen LogP contribution >= 0.6 is 11.8 Å². The Morgan fingerprint density at radius 1 is 1.21 bits per heavy atom. The fourth-order valence-electron chi connectivity index (χ4n) is 4.37. The Hall–Kier alpha value is -2.58. The molecule has 1 aromatic carbocycles. The number of rotatable bonds is 6. The lowest BCUT2D eigenvalue weighted by molar-refractivity contribution is -0.136. The quantitative estimate of drug-likeness (QED) is 0.582. The van der Waals surface area contributed by atoms with Crippen molar-refractivity contribution < 1.29 is 19.1 Å². The number of nitrogens with zero attached hydrogens (tertiary/aromatic N) is 3. The molecule has 8 heteroatoms. The first-order valence-electron chi connectivity index (χ1n) is 11.4. The largest absolute Gasteiger partial charge is 0.466 e. The number of hydrogen-bond acceptors (Lipinski definition) is 7. The zero-order chi connectivity index (χ0) is 23.5. The number of thioether (sulfide) groups is 1. The van der Waals surface area contributed by atoms with Crippen molar-refractivity contribution in [3.63, 3.8) is 0 Å². The molecule has 1 unspecified atom stereocenters. The lowest BCUT2D eigenvalue weighted by Gasteiger charge is -2.37. The van der Waals surface area contributed by atoms with Gasteiger partial charge in [0.05, 0.1) is 44.1 Å². The number of benzene rings is 1. The summed E-state index contributed by atoms with van der Waals surface area (Å²) in [6.07, 6.45) is 0.869. The van der Waals surface area contributed by atoms with Crippen LogP contribution in [-0.2, 0) is 19.1 Å². The van der Waals surface area contributed by atoms with Gasteiger partial charge in [0.1, 0.15) is 0 Å². The number of carbonyl (C=O) groups excluding carboxylic acids is 2. The SMILES string of the molecule is CCC1=C(C(=O)OC)C(c2ccc(C(C)C)cc2)N2C(CC(=O)N3CCOCC3)=CSC2=N1. The Kier molecular flexibility index (Phi) is 7.24. The number of carbonyl (C=O) groups is 2. The maximum absolute atomic E-state index is 13.0. The van der Waals surface area contributed by atoms with Crippen LogP contribution in [0.1, 0.15) is 56.7 Å². The van der Waals surface area contributed by atoms with E-state index in [9.17, 15) is 9.59 Å². The molecular formula is C25H31N3O4S. The number of methoxy groups -OCH3 is 1. The van der Waals surface area contributed by atoms with Gasteiger partial charge in [-0.2, -0.15) is 0 Å². The van der Waals surface area contributed by atoms with Crippen LogP contribution in [0.2, 0.25) is 0 Å². The van der Waals surface area contributed by atoms with Gasteiger partial charge >= 0.3 is 5.97 Å². The van der Waals surface area contributed by atoms with Crippen LogP contribution in [0.15, 0.2) is 51.6 Å². The van der Waals surface area contributed by atoms with Crippen molar-refractivity contribution in [3.05, 3.63) is 57.8 Å². The van der Waals surface area contributed by atoms with E-state index in [1.54, 1.807) is 0 Å². The number of fused-ring (bicyclic) bond motifs is 1. The average Bonchev–Trinajstić information content (AvgIpc) is 3.25. The predicted octanol–water partition coefficient (Wildman–Crippen LogP) is 4.20. The topological polar surface area (TPSA) is 71.4 Å². The van der Waals surface area contributed by atoms with Gasteiger partial charge in [0, 0.05) is 18.8 Å². The number of hydrogen-bond donors (Lipinski definition) is 0. The van der Waals surface area contributed by atoms with Gasteiger partial charge in [-0.1, -0.05) is 56.8 Å². The van der Waals surface area contributed by atoms with Crippen LogP contribution in [0.3, 0.4) is 0 Å². The summed E-state index contributed by atoms with van der Waals surface area (Å²) in [6, 6.07) is 7.97. The third-order valence-corrected chi connectivity index (χ3v) is 7.13. The zero-order valence-corrected chi connectivity index (χ0v) is 20.5. The fraction of sp³-hybridized carbons (Fsp3) is 0.480. The summed E-state index contributed by atoms with van der Waals surface area (Å²) in [5, 5.41) is 2.78. The highest BCUT2D eigenvalue weighted by atomic mass is 32.2. The molecule has 0 spiro atoms. The number of allylic oxidation sites excluding steroid dienone is 1. The third kappa shape index (κ3) is 4.73. The first kappa shape index (κ1) is 23.6. The minimum atomic E-state index is -0.389.